The summed E-state index contributed by atoms with van der Waals surface area (Å²) in [5.41, 5.74) is 0.986. The fraction of sp³-hybridized carbons (Fsp3) is 0.500. The molecule has 1 aromatic carbocycles. The van der Waals surface area contributed by atoms with Crippen molar-refractivity contribution < 1.29 is 9.21 Å². The zero-order chi connectivity index (χ0) is 17.7. The molecule has 5 nitrogen and oxygen atoms in total. The number of rotatable bonds is 6. The predicted octanol–water partition coefficient (Wildman–Crippen LogP) is 3.81. The number of carbonyl (C=O) groups excluding carboxylic acids is 1. The second-order valence-electron chi connectivity index (χ2n) is 6.98. The Hall–Kier alpha value is -1.82. The average Bonchev–Trinajstić information content (AvgIpc) is 2.93. The van der Waals surface area contributed by atoms with E-state index in [0.29, 0.717) is 23.5 Å². The van der Waals surface area contributed by atoms with E-state index in [0.717, 1.165) is 0 Å². The van der Waals surface area contributed by atoms with Gasteiger partial charge in [-0.2, -0.15) is 0 Å². The minimum atomic E-state index is -0.288. The van der Waals surface area contributed by atoms with Gasteiger partial charge in [-0.1, -0.05) is 49.0 Å². The Morgan fingerprint density at radius 3 is 2.50 bits per heavy atom. The first-order chi connectivity index (χ1) is 11.2. The number of aromatic nitrogens is 2. The summed E-state index contributed by atoms with van der Waals surface area (Å²) < 4.78 is 5.69. The molecular formula is C18H25N3O2S. The van der Waals surface area contributed by atoms with Crippen LogP contribution in [0.4, 0.5) is 0 Å². The minimum Gasteiger partial charge on any atom is -0.416 e. The summed E-state index contributed by atoms with van der Waals surface area (Å²) in [6.07, 6.45) is 0.681. The van der Waals surface area contributed by atoms with Crippen LogP contribution in [-0.2, 0) is 11.2 Å². The highest BCUT2D eigenvalue weighted by atomic mass is 32.2. The predicted molar refractivity (Wildman–Crippen MR) is 96.1 cm³/mol. The van der Waals surface area contributed by atoms with Crippen molar-refractivity contribution in [3.8, 4) is 0 Å². The first kappa shape index (κ1) is 18.5. The van der Waals surface area contributed by atoms with Gasteiger partial charge in [0.2, 0.25) is 11.8 Å². The number of nitrogens with zero attached hydrogens (tertiary/aromatic N) is 2. The van der Waals surface area contributed by atoms with Gasteiger partial charge in [-0.15, -0.1) is 10.2 Å². The summed E-state index contributed by atoms with van der Waals surface area (Å²) >= 11 is 1.28. The maximum Gasteiger partial charge on any atom is 0.277 e. The fourth-order valence-corrected chi connectivity index (χ4v) is 2.91. The lowest BCUT2D eigenvalue weighted by molar-refractivity contribution is -0.121. The lowest BCUT2D eigenvalue weighted by atomic mass is 9.98. The Labute approximate surface area is 147 Å². The van der Waals surface area contributed by atoms with Crippen molar-refractivity contribution in [1.29, 1.82) is 0 Å². The van der Waals surface area contributed by atoms with E-state index in [1.807, 2.05) is 45.9 Å². The van der Waals surface area contributed by atoms with Gasteiger partial charge in [0.05, 0.1) is 5.25 Å². The van der Waals surface area contributed by atoms with Gasteiger partial charge in [-0.05, 0) is 39.2 Å². The summed E-state index contributed by atoms with van der Waals surface area (Å²) in [5, 5.41) is 11.2. The summed E-state index contributed by atoms with van der Waals surface area (Å²) in [7, 11) is 0. The summed E-state index contributed by atoms with van der Waals surface area (Å²) in [5.74, 6) is 0.855. The molecule has 2 aromatic rings. The molecule has 0 saturated heterocycles. The standard InChI is InChI=1S/C18H25N3O2S/c1-12(14-9-7-6-8-10-14)11-15-20-21-17(23-15)24-13(2)16(22)19-18(3,4)5/h6-10,12-13H,11H2,1-5H3,(H,19,22). The lowest BCUT2D eigenvalue weighted by Gasteiger charge is -2.22. The Balaban J connectivity index is 1.92. The van der Waals surface area contributed by atoms with Gasteiger partial charge in [-0.25, -0.2) is 0 Å². The van der Waals surface area contributed by atoms with Crippen molar-refractivity contribution >= 4 is 17.7 Å². The molecule has 1 heterocycles. The zero-order valence-corrected chi connectivity index (χ0v) is 15.7. The summed E-state index contributed by atoms with van der Waals surface area (Å²) in [4.78, 5) is 12.1. The van der Waals surface area contributed by atoms with Crippen molar-refractivity contribution in [3.63, 3.8) is 0 Å². The highest BCUT2D eigenvalue weighted by Crippen LogP contribution is 2.25. The van der Waals surface area contributed by atoms with Crippen LogP contribution in [0.2, 0.25) is 0 Å². The molecule has 0 aliphatic rings. The molecule has 130 valence electrons. The van der Waals surface area contributed by atoms with Crippen molar-refractivity contribution in [2.24, 2.45) is 0 Å². The van der Waals surface area contributed by atoms with E-state index in [9.17, 15) is 4.79 Å². The maximum absolute atomic E-state index is 12.1. The molecule has 0 saturated carbocycles. The molecule has 2 atom stereocenters. The molecule has 2 unspecified atom stereocenters. The van der Waals surface area contributed by atoms with E-state index >= 15 is 0 Å². The largest absolute Gasteiger partial charge is 0.416 e. The van der Waals surface area contributed by atoms with Gasteiger partial charge in [0, 0.05) is 12.0 Å². The van der Waals surface area contributed by atoms with Gasteiger partial charge >= 0.3 is 0 Å². The van der Waals surface area contributed by atoms with Crippen molar-refractivity contribution in [3.05, 3.63) is 41.8 Å². The smallest absolute Gasteiger partial charge is 0.277 e. The summed E-state index contributed by atoms with van der Waals surface area (Å²) in [6.45, 7) is 9.84. The molecule has 0 aliphatic carbocycles. The van der Waals surface area contributed by atoms with E-state index in [1.165, 1.54) is 17.3 Å². The molecule has 2 rings (SSSR count). The van der Waals surface area contributed by atoms with Gasteiger partial charge in [-0.3, -0.25) is 4.79 Å². The first-order valence-electron chi connectivity index (χ1n) is 8.10. The number of amides is 1. The van der Waals surface area contributed by atoms with Crippen molar-refractivity contribution in [2.45, 2.75) is 63.0 Å². The van der Waals surface area contributed by atoms with E-state index in [1.54, 1.807) is 0 Å². The third-order valence-electron chi connectivity index (χ3n) is 3.44. The molecular weight excluding hydrogens is 322 g/mol. The monoisotopic (exact) mass is 347 g/mol. The van der Waals surface area contributed by atoms with Crippen LogP contribution in [0, 0.1) is 0 Å². The van der Waals surface area contributed by atoms with Gasteiger partial charge in [0.15, 0.2) is 0 Å². The SMILES string of the molecule is CC(Sc1nnc(CC(C)c2ccccc2)o1)C(=O)NC(C)(C)C. The minimum absolute atomic E-state index is 0.0371. The molecule has 1 N–H and O–H groups in total. The van der Waals surface area contributed by atoms with Crippen LogP contribution in [-0.4, -0.2) is 26.9 Å². The molecule has 0 aliphatic heterocycles. The Morgan fingerprint density at radius 2 is 1.88 bits per heavy atom. The van der Waals surface area contributed by atoms with Crippen molar-refractivity contribution in [2.75, 3.05) is 0 Å². The molecule has 24 heavy (non-hydrogen) atoms. The quantitative estimate of drug-likeness (QED) is 0.805. The maximum atomic E-state index is 12.1. The lowest BCUT2D eigenvalue weighted by Crippen LogP contribution is -2.44. The van der Waals surface area contributed by atoms with E-state index in [-0.39, 0.29) is 16.7 Å². The highest BCUT2D eigenvalue weighted by molar-refractivity contribution is 8.00. The highest BCUT2D eigenvalue weighted by Gasteiger charge is 2.22. The van der Waals surface area contributed by atoms with Crippen LogP contribution in [0.3, 0.4) is 0 Å². The first-order valence-corrected chi connectivity index (χ1v) is 8.98. The number of carbonyl (C=O) groups is 1. The third kappa shape index (κ3) is 5.67. The molecule has 0 fully saturated rings. The normalized spacial score (nSPS) is 14.2. The van der Waals surface area contributed by atoms with Gasteiger partial charge in [0.1, 0.15) is 0 Å². The Kier molecular flexibility index (Phi) is 6.04. The number of benzene rings is 1. The Bertz CT molecular complexity index is 664. The van der Waals surface area contributed by atoms with Crippen LogP contribution in [0.25, 0.3) is 0 Å². The molecule has 1 aromatic heterocycles. The fourth-order valence-electron chi connectivity index (χ4n) is 2.21. The third-order valence-corrected chi connectivity index (χ3v) is 4.38. The number of hydrogen-bond donors (Lipinski definition) is 1. The van der Waals surface area contributed by atoms with Gasteiger partial charge < -0.3 is 9.73 Å². The van der Waals surface area contributed by atoms with E-state index in [4.69, 9.17) is 4.42 Å². The number of hydrogen-bond acceptors (Lipinski definition) is 5. The van der Waals surface area contributed by atoms with E-state index in [2.05, 4.69) is 34.6 Å². The average molecular weight is 347 g/mol. The Morgan fingerprint density at radius 1 is 1.21 bits per heavy atom. The molecule has 0 spiro atoms. The van der Waals surface area contributed by atoms with Crippen LogP contribution in [0.5, 0.6) is 0 Å². The number of nitrogens with one attached hydrogen (secondary N) is 1. The van der Waals surface area contributed by atoms with Gasteiger partial charge in [0.25, 0.3) is 5.22 Å². The van der Waals surface area contributed by atoms with Crippen LogP contribution in [0.1, 0.15) is 52.0 Å². The molecule has 6 heteroatoms. The summed E-state index contributed by atoms with van der Waals surface area (Å²) in [6, 6.07) is 10.2. The second-order valence-corrected chi connectivity index (χ2v) is 8.27. The second kappa shape index (κ2) is 7.83. The topological polar surface area (TPSA) is 68.0 Å². The number of thioether (sulfide) groups is 1. The zero-order valence-electron chi connectivity index (χ0n) is 14.9. The van der Waals surface area contributed by atoms with E-state index < -0.39 is 0 Å². The molecule has 0 radical (unpaired) electrons. The molecule has 0 bridgehead atoms. The van der Waals surface area contributed by atoms with Crippen LogP contribution >= 0.6 is 11.8 Å². The van der Waals surface area contributed by atoms with Crippen LogP contribution in [0.15, 0.2) is 40.0 Å². The van der Waals surface area contributed by atoms with Crippen molar-refractivity contribution in [1.82, 2.24) is 15.5 Å². The molecule has 1 amide bonds. The van der Waals surface area contributed by atoms with Crippen LogP contribution < -0.4 is 5.32 Å².